The number of hydrogen-bond acceptors (Lipinski definition) is 2. The van der Waals surface area contributed by atoms with Gasteiger partial charge in [-0.05, 0) is 47.1 Å². The van der Waals surface area contributed by atoms with E-state index >= 15 is 0 Å². The van der Waals surface area contributed by atoms with Gasteiger partial charge in [0.15, 0.2) is 0 Å². The maximum atomic E-state index is 12.5. The highest BCUT2D eigenvalue weighted by molar-refractivity contribution is 14.1. The van der Waals surface area contributed by atoms with Gasteiger partial charge in [0.1, 0.15) is 0 Å². The molecule has 1 aromatic carbocycles. The quantitative estimate of drug-likeness (QED) is 0.711. The van der Waals surface area contributed by atoms with Gasteiger partial charge in [-0.1, -0.05) is 26.0 Å². The molecular weight excluding hydrogens is 391 g/mol. The molecule has 2 amide bonds. The lowest BCUT2D eigenvalue weighted by Crippen LogP contribution is -2.50. The molecule has 0 spiro atoms. The molecule has 1 heterocycles. The number of benzene rings is 1. The van der Waals surface area contributed by atoms with E-state index in [4.69, 9.17) is 0 Å². The van der Waals surface area contributed by atoms with Crippen molar-refractivity contribution in [3.05, 3.63) is 33.4 Å². The summed E-state index contributed by atoms with van der Waals surface area (Å²) in [4.78, 5) is 28.4. The zero-order chi connectivity index (χ0) is 16.1. The number of piperazine rings is 1. The normalized spacial score (nSPS) is 15.3. The van der Waals surface area contributed by atoms with Crippen molar-refractivity contribution in [2.24, 2.45) is 5.92 Å². The highest BCUT2D eigenvalue weighted by Gasteiger charge is 2.25. The second-order valence-corrected chi connectivity index (χ2v) is 7.25. The van der Waals surface area contributed by atoms with Crippen LogP contribution in [0.4, 0.5) is 0 Å². The Kier molecular flexibility index (Phi) is 6.23. The lowest BCUT2D eigenvalue weighted by Gasteiger charge is -2.35. The van der Waals surface area contributed by atoms with Gasteiger partial charge < -0.3 is 9.80 Å². The number of rotatable bonds is 4. The topological polar surface area (TPSA) is 40.6 Å². The minimum absolute atomic E-state index is 0.0688. The summed E-state index contributed by atoms with van der Waals surface area (Å²) in [5.74, 6) is 0.835. The van der Waals surface area contributed by atoms with E-state index in [0.29, 0.717) is 38.5 Å². The number of hydrogen-bond donors (Lipinski definition) is 0. The molecule has 0 radical (unpaired) electrons. The lowest BCUT2D eigenvalue weighted by molar-refractivity contribution is -0.132. The standard InChI is InChI=1S/C17H23IN2O2/c1-13(2)7-8-16(21)19-9-11-20(12-10-19)17(22)14-5-3-4-6-15(14)18/h3-6,13H,7-12H2,1-2H3. The Labute approximate surface area is 146 Å². The molecule has 0 unspecified atom stereocenters. The van der Waals surface area contributed by atoms with Gasteiger partial charge in [0, 0.05) is 36.2 Å². The van der Waals surface area contributed by atoms with Crippen LogP contribution >= 0.6 is 22.6 Å². The molecule has 0 bridgehead atoms. The molecule has 1 aliphatic rings. The monoisotopic (exact) mass is 414 g/mol. The highest BCUT2D eigenvalue weighted by atomic mass is 127. The molecule has 1 aromatic rings. The summed E-state index contributed by atoms with van der Waals surface area (Å²) in [5.41, 5.74) is 0.752. The van der Waals surface area contributed by atoms with E-state index in [1.54, 1.807) is 0 Å². The summed E-state index contributed by atoms with van der Waals surface area (Å²) in [7, 11) is 0. The summed E-state index contributed by atoms with van der Waals surface area (Å²) >= 11 is 2.19. The van der Waals surface area contributed by atoms with E-state index in [-0.39, 0.29) is 11.8 Å². The zero-order valence-corrected chi connectivity index (χ0v) is 15.4. The molecule has 1 fully saturated rings. The third-order valence-corrected chi connectivity index (χ3v) is 4.90. The van der Waals surface area contributed by atoms with Crippen LogP contribution in [0, 0.1) is 9.49 Å². The Morgan fingerprint density at radius 1 is 1.09 bits per heavy atom. The van der Waals surface area contributed by atoms with Crippen molar-refractivity contribution in [3.63, 3.8) is 0 Å². The fraction of sp³-hybridized carbons (Fsp3) is 0.529. The second-order valence-electron chi connectivity index (χ2n) is 6.09. The van der Waals surface area contributed by atoms with Crippen molar-refractivity contribution < 1.29 is 9.59 Å². The Bertz CT molecular complexity index is 537. The van der Waals surface area contributed by atoms with Crippen LogP contribution in [-0.2, 0) is 4.79 Å². The number of carbonyl (C=O) groups is 2. The number of nitrogens with zero attached hydrogens (tertiary/aromatic N) is 2. The summed E-state index contributed by atoms with van der Waals surface area (Å²) in [6.07, 6.45) is 1.54. The number of halogens is 1. The molecular formula is C17H23IN2O2. The predicted molar refractivity (Wildman–Crippen MR) is 95.7 cm³/mol. The van der Waals surface area contributed by atoms with Crippen LogP contribution in [-0.4, -0.2) is 47.8 Å². The number of carbonyl (C=O) groups excluding carboxylic acids is 2. The van der Waals surface area contributed by atoms with Crippen LogP contribution in [0.3, 0.4) is 0 Å². The molecule has 120 valence electrons. The van der Waals surface area contributed by atoms with Crippen molar-refractivity contribution in [2.45, 2.75) is 26.7 Å². The van der Waals surface area contributed by atoms with E-state index in [9.17, 15) is 9.59 Å². The SMILES string of the molecule is CC(C)CCC(=O)N1CCN(C(=O)c2ccccc2I)CC1. The van der Waals surface area contributed by atoms with Gasteiger partial charge in [-0.3, -0.25) is 9.59 Å². The maximum absolute atomic E-state index is 12.5. The van der Waals surface area contributed by atoms with Crippen molar-refractivity contribution in [1.29, 1.82) is 0 Å². The molecule has 0 N–H and O–H groups in total. The highest BCUT2D eigenvalue weighted by Crippen LogP contribution is 2.16. The molecule has 1 saturated heterocycles. The van der Waals surface area contributed by atoms with Gasteiger partial charge in [-0.15, -0.1) is 0 Å². The molecule has 22 heavy (non-hydrogen) atoms. The van der Waals surface area contributed by atoms with Gasteiger partial charge in [0.25, 0.3) is 5.91 Å². The Balaban J connectivity index is 1.88. The van der Waals surface area contributed by atoms with Gasteiger partial charge in [-0.25, -0.2) is 0 Å². The zero-order valence-electron chi connectivity index (χ0n) is 13.2. The average molecular weight is 414 g/mol. The van der Waals surface area contributed by atoms with Crippen molar-refractivity contribution in [3.8, 4) is 0 Å². The van der Waals surface area contributed by atoms with Crippen LogP contribution in [0.2, 0.25) is 0 Å². The Morgan fingerprint density at radius 3 is 2.27 bits per heavy atom. The maximum Gasteiger partial charge on any atom is 0.255 e. The first-order chi connectivity index (χ1) is 10.5. The van der Waals surface area contributed by atoms with Gasteiger partial charge in [0.2, 0.25) is 5.91 Å². The van der Waals surface area contributed by atoms with E-state index < -0.39 is 0 Å². The fourth-order valence-electron chi connectivity index (χ4n) is 2.53. The lowest BCUT2D eigenvalue weighted by atomic mass is 10.1. The summed E-state index contributed by atoms with van der Waals surface area (Å²) in [6.45, 7) is 6.79. The molecule has 5 heteroatoms. The fourth-order valence-corrected chi connectivity index (χ4v) is 3.15. The minimum atomic E-state index is 0.0688. The third kappa shape index (κ3) is 4.44. The second kappa shape index (κ2) is 7.94. The molecule has 0 aliphatic carbocycles. The molecule has 2 rings (SSSR count). The summed E-state index contributed by atoms with van der Waals surface area (Å²) < 4.78 is 0.973. The number of amides is 2. The van der Waals surface area contributed by atoms with Gasteiger partial charge >= 0.3 is 0 Å². The Hall–Kier alpha value is -1.11. The largest absolute Gasteiger partial charge is 0.339 e. The molecule has 0 atom stereocenters. The molecule has 0 aromatic heterocycles. The van der Waals surface area contributed by atoms with Gasteiger partial charge in [-0.2, -0.15) is 0 Å². The molecule has 1 aliphatic heterocycles. The van der Waals surface area contributed by atoms with Crippen LogP contribution in [0.1, 0.15) is 37.0 Å². The molecule has 4 nitrogen and oxygen atoms in total. The minimum Gasteiger partial charge on any atom is -0.339 e. The Morgan fingerprint density at radius 2 is 1.68 bits per heavy atom. The van der Waals surface area contributed by atoms with E-state index in [0.717, 1.165) is 15.6 Å². The third-order valence-electron chi connectivity index (χ3n) is 3.96. The van der Waals surface area contributed by atoms with Crippen molar-refractivity contribution >= 4 is 34.4 Å². The van der Waals surface area contributed by atoms with E-state index in [2.05, 4.69) is 36.4 Å². The summed E-state index contributed by atoms with van der Waals surface area (Å²) in [5, 5.41) is 0. The van der Waals surface area contributed by atoms with Crippen LogP contribution in [0.25, 0.3) is 0 Å². The first kappa shape index (κ1) is 17.2. The first-order valence-corrected chi connectivity index (χ1v) is 8.88. The van der Waals surface area contributed by atoms with Crippen molar-refractivity contribution in [1.82, 2.24) is 9.80 Å². The summed E-state index contributed by atoms with van der Waals surface area (Å²) in [6, 6.07) is 7.63. The first-order valence-electron chi connectivity index (χ1n) is 7.80. The van der Waals surface area contributed by atoms with Gasteiger partial charge in [0.05, 0.1) is 5.56 Å². The molecule has 0 saturated carbocycles. The van der Waals surface area contributed by atoms with E-state index in [1.165, 1.54) is 0 Å². The van der Waals surface area contributed by atoms with Crippen LogP contribution in [0.5, 0.6) is 0 Å². The van der Waals surface area contributed by atoms with Crippen molar-refractivity contribution in [2.75, 3.05) is 26.2 Å². The smallest absolute Gasteiger partial charge is 0.255 e. The van der Waals surface area contributed by atoms with E-state index in [1.807, 2.05) is 34.1 Å². The predicted octanol–water partition coefficient (Wildman–Crippen LogP) is 3.01. The average Bonchev–Trinajstić information content (AvgIpc) is 2.52. The van der Waals surface area contributed by atoms with Crippen LogP contribution in [0.15, 0.2) is 24.3 Å². The van der Waals surface area contributed by atoms with Crippen LogP contribution < -0.4 is 0 Å².